The first-order valence-corrected chi connectivity index (χ1v) is 8.12. The van der Waals surface area contributed by atoms with E-state index < -0.39 is 11.6 Å². The lowest BCUT2D eigenvalue weighted by Gasteiger charge is -2.30. The molecule has 6 heteroatoms. The molecule has 1 fully saturated rings. The summed E-state index contributed by atoms with van der Waals surface area (Å²) in [4.78, 5) is 32.1. The second-order valence-corrected chi connectivity index (χ2v) is 6.17. The van der Waals surface area contributed by atoms with Gasteiger partial charge in [0, 0.05) is 5.69 Å². The molecule has 0 radical (unpaired) electrons. The monoisotopic (exact) mass is 344 g/mol. The van der Waals surface area contributed by atoms with E-state index in [0.29, 0.717) is 29.0 Å². The van der Waals surface area contributed by atoms with Crippen molar-refractivity contribution in [1.82, 2.24) is 0 Å². The highest BCUT2D eigenvalue weighted by molar-refractivity contribution is 6.30. The van der Waals surface area contributed by atoms with Crippen LogP contribution in [0.5, 0.6) is 0 Å². The Hall–Kier alpha value is -3.64. The van der Waals surface area contributed by atoms with E-state index in [1.165, 1.54) is 4.90 Å². The van der Waals surface area contributed by atoms with Crippen molar-refractivity contribution in [3.05, 3.63) is 65.5 Å². The summed E-state index contributed by atoms with van der Waals surface area (Å²) in [5.41, 5.74) is 0.894. The zero-order valence-electron chi connectivity index (χ0n) is 14.4. The number of nitrogens with zero attached hydrogens (tertiary/aromatic N) is 4. The van der Waals surface area contributed by atoms with E-state index in [4.69, 9.17) is 11.8 Å². The third-order valence-corrected chi connectivity index (χ3v) is 4.72. The van der Waals surface area contributed by atoms with E-state index in [2.05, 4.69) is 4.85 Å². The van der Waals surface area contributed by atoms with E-state index in [-0.39, 0.29) is 5.91 Å². The third-order valence-electron chi connectivity index (χ3n) is 4.72. The van der Waals surface area contributed by atoms with E-state index >= 15 is 0 Å². The summed E-state index contributed by atoms with van der Waals surface area (Å²) in [6.07, 6.45) is 0.439. The van der Waals surface area contributed by atoms with Crippen LogP contribution in [0.15, 0.2) is 48.5 Å². The van der Waals surface area contributed by atoms with E-state index in [9.17, 15) is 9.59 Å². The van der Waals surface area contributed by atoms with Crippen LogP contribution in [0.25, 0.3) is 4.85 Å². The zero-order valence-corrected chi connectivity index (χ0v) is 14.4. The molecule has 2 aromatic rings. The van der Waals surface area contributed by atoms with Gasteiger partial charge in [0.15, 0.2) is 5.69 Å². The highest BCUT2D eigenvalue weighted by Crippen LogP contribution is 2.38. The molecule has 1 saturated heterocycles. The van der Waals surface area contributed by atoms with Crippen molar-refractivity contribution in [3.8, 4) is 6.07 Å². The summed E-state index contributed by atoms with van der Waals surface area (Å²) < 4.78 is 0. The van der Waals surface area contributed by atoms with Crippen LogP contribution in [-0.2, 0) is 4.79 Å². The van der Waals surface area contributed by atoms with Gasteiger partial charge in [-0.3, -0.25) is 9.69 Å². The number of anilines is 2. The number of amides is 3. The summed E-state index contributed by atoms with van der Waals surface area (Å²) in [5.74, 6) is -0.315. The molecule has 0 aliphatic carbocycles. The Morgan fingerprint density at radius 3 is 2.15 bits per heavy atom. The normalized spacial score (nSPS) is 19.4. The number of imide groups is 1. The average Bonchev–Trinajstić information content (AvgIpc) is 2.88. The molecule has 6 nitrogen and oxygen atoms in total. The molecule has 1 atom stereocenters. The molecule has 0 bridgehead atoms. The first kappa shape index (κ1) is 17.2. The van der Waals surface area contributed by atoms with Gasteiger partial charge in [0.25, 0.3) is 5.91 Å². The minimum absolute atomic E-state index is 0.315. The fourth-order valence-corrected chi connectivity index (χ4v) is 3.03. The predicted molar refractivity (Wildman–Crippen MR) is 97.9 cm³/mol. The van der Waals surface area contributed by atoms with Gasteiger partial charge in [-0.2, -0.15) is 5.26 Å². The number of hydrogen-bond acceptors (Lipinski definition) is 3. The van der Waals surface area contributed by atoms with Crippen molar-refractivity contribution in [2.75, 3.05) is 9.80 Å². The number of urea groups is 1. The number of nitriles is 1. The van der Waals surface area contributed by atoms with Crippen LogP contribution in [0.1, 0.15) is 25.8 Å². The molecule has 3 amide bonds. The molecule has 2 aromatic carbocycles. The molecular formula is C20H16N4O2. The van der Waals surface area contributed by atoms with Gasteiger partial charge in [-0.05, 0) is 49.7 Å². The number of hydrogen-bond donors (Lipinski definition) is 0. The average molecular weight is 344 g/mol. The molecule has 1 heterocycles. The number of carbonyl (C=O) groups excluding carboxylic acids is 2. The molecule has 0 saturated carbocycles. The fraction of sp³-hybridized carbons (Fsp3) is 0.200. The molecule has 0 N–H and O–H groups in total. The maximum atomic E-state index is 13.1. The maximum Gasteiger partial charge on any atom is 0.336 e. The highest BCUT2D eigenvalue weighted by Gasteiger charge is 2.54. The minimum atomic E-state index is -1.02. The van der Waals surface area contributed by atoms with Crippen LogP contribution in [0, 0.1) is 17.9 Å². The molecule has 26 heavy (non-hydrogen) atoms. The topological polar surface area (TPSA) is 68.8 Å². The number of carbonyl (C=O) groups is 2. The Morgan fingerprint density at radius 1 is 1.08 bits per heavy atom. The van der Waals surface area contributed by atoms with E-state index in [1.54, 1.807) is 55.5 Å². The predicted octanol–water partition coefficient (Wildman–Crippen LogP) is 4.25. The van der Waals surface area contributed by atoms with Crippen LogP contribution in [0.4, 0.5) is 21.9 Å². The van der Waals surface area contributed by atoms with E-state index in [1.807, 2.05) is 13.0 Å². The van der Waals surface area contributed by atoms with Gasteiger partial charge < -0.3 is 0 Å². The largest absolute Gasteiger partial charge is 0.336 e. The molecule has 1 unspecified atom stereocenters. The quantitative estimate of drug-likeness (QED) is 0.617. The van der Waals surface area contributed by atoms with Gasteiger partial charge in [-0.25, -0.2) is 14.5 Å². The summed E-state index contributed by atoms with van der Waals surface area (Å²) in [5, 5.41) is 8.96. The Balaban J connectivity index is 2.07. The van der Waals surface area contributed by atoms with Crippen molar-refractivity contribution in [1.29, 1.82) is 5.26 Å². The Labute approximate surface area is 151 Å². The standard InChI is InChI=1S/C20H16N4O2/c1-4-20(2)18(25)23(16-11-7-15(22-3)8-12-16)19(26)24(20)17-9-5-14(13-21)6-10-17/h5-12H,4H2,1-2H3. The molecule has 128 valence electrons. The Morgan fingerprint density at radius 2 is 1.65 bits per heavy atom. The van der Waals surface area contributed by atoms with Crippen LogP contribution < -0.4 is 9.80 Å². The molecular weight excluding hydrogens is 328 g/mol. The van der Waals surface area contributed by atoms with Gasteiger partial charge in [-0.15, -0.1) is 0 Å². The minimum Gasteiger partial charge on any atom is -0.279 e. The maximum absolute atomic E-state index is 13.1. The van der Waals surface area contributed by atoms with Crippen LogP contribution in [0.3, 0.4) is 0 Å². The Kier molecular flexibility index (Phi) is 4.19. The van der Waals surface area contributed by atoms with Gasteiger partial charge in [0.05, 0.1) is 23.9 Å². The van der Waals surface area contributed by atoms with Crippen molar-refractivity contribution in [3.63, 3.8) is 0 Å². The lowest BCUT2D eigenvalue weighted by molar-refractivity contribution is -0.121. The second kappa shape index (κ2) is 6.34. The smallest absolute Gasteiger partial charge is 0.279 e. The molecule has 1 aliphatic rings. The van der Waals surface area contributed by atoms with Crippen molar-refractivity contribution >= 4 is 29.0 Å². The molecule has 3 rings (SSSR count). The van der Waals surface area contributed by atoms with Crippen LogP contribution in [-0.4, -0.2) is 17.5 Å². The SMILES string of the molecule is [C-]#[N+]c1ccc(N2C(=O)N(c3ccc(C#N)cc3)C(C)(CC)C2=O)cc1. The lowest BCUT2D eigenvalue weighted by Crippen LogP contribution is -2.46. The summed E-state index contributed by atoms with van der Waals surface area (Å²) >= 11 is 0. The van der Waals surface area contributed by atoms with Gasteiger partial charge in [0.1, 0.15) is 5.54 Å². The third kappa shape index (κ3) is 2.49. The molecule has 0 spiro atoms. The first-order valence-electron chi connectivity index (χ1n) is 8.12. The number of rotatable bonds is 3. The summed E-state index contributed by atoms with van der Waals surface area (Å²) in [6.45, 7) is 10.6. The summed E-state index contributed by atoms with van der Waals surface area (Å²) in [7, 11) is 0. The lowest BCUT2D eigenvalue weighted by atomic mass is 9.96. The van der Waals surface area contributed by atoms with Crippen LogP contribution >= 0.6 is 0 Å². The second-order valence-electron chi connectivity index (χ2n) is 6.17. The fourth-order valence-electron chi connectivity index (χ4n) is 3.03. The van der Waals surface area contributed by atoms with Gasteiger partial charge in [-0.1, -0.05) is 19.1 Å². The van der Waals surface area contributed by atoms with Crippen molar-refractivity contribution < 1.29 is 9.59 Å². The summed E-state index contributed by atoms with van der Waals surface area (Å²) in [6, 6.07) is 14.5. The molecule has 1 aliphatic heterocycles. The highest BCUT2D eigenvalue weighted by atomic mass is 16.2. The zero-order chi connectivity index (χ0) is 18.9. The van der Waals surface area contributed by atoms with Gasteiger partial charge >= 0.3 is 6.03 Å². The molecule has 0 aromatic heterocycles. The van der Waals surface area contributed by atoms with Gasteiger partial charge in [0.2, 0.25) is 0 Å². The van der Waals surface area contributed by atoms with Crippen molar-refractivity contribution in [2.45, 2.75) is 25.8 Å². The van der Waals surface area contributed by atoms with Crippen LogP contribution in [0.2, 0.25) is 0 Å². The Bertz CT molecular complexity index is 951. The first-order chi connectivity index (χ1) is 12.5. The number of benzene rings is 2. The van der Waals surface area contributed by atoms with Crippen molar-refractivity contribution in [2.24, 2.45) is 0 Å². The van der Waals surface area contributed by atoms with E-state index in [0.717, 1.165) is 4.90 Å².